The summed E-state index contributed by atoms with van der Waals surface area (Å²) in [5, 5.41) is 3.05. The second kappa shape index (κ2) is 10.9. The lowest BCUT2D eigenvalue weighted by Crippen LogP contribution is -2.35. The predicted molar refractivity (Wildman–Crippen MR) is 139 cm³/mol. The van der Waals surface area contributed by atoms with Crippen LogP contribution in [0.4, 0.5) is 0 Å². The van der Waals surface area contributed by atoms with Crippen molar-refractivity contribution in [2.24, 2.45) is 5.92 Å². The Morgan fingerprint density at radius 3 is 2.34 bits per heavy atom. The molecule has 2 aliphatic heterocycles. The highest BCUT2D eigenvalue weighted by atomic mass is 16.7. The Kier molecular flexibility index (Phi) is 7.26. The number of likely N-dealkylation sites (tertiary alicyclic amines) is 1. The van der Waals surface area contributed by atoms with Crippen LogP contribution in [0, 0.1) is 5.92 Å². The van der Waals surface area contributed by atoms with Crippen LogP contribution in [0.3, 0.4) is 0 Å². The standard InChI is InChI=1S/C29H30N2O7/c1-34-20-7-5-19(6-8-20)29(33)31-15-23(22-10-9-21(35-2)13-26(22)36-3)24(16-31)28(32)30-14-18-4-11-25-27(12-18)38-17-37-25/h4-13,23-24H,14-17H2,1-3H3,(H,30,32). The average Bonchev–Trinajstić information content (AvgIpc) is 3.62. The largest absolute Gasteiger partial charge is 0.497 e. The number of carbonyl (C=O) groups excluding carboxylic acids is 2. The molecule has 2 atom stereocenters. The van der Waals surface area contributed by atoms with Crippen LogP contribution < -0.4 is 29.0 Å². The van der Waals surface area contributed by atoms with Gasteiger partial charge in [0.1, 0.15) is 17.2 Å². The van der Waals surface area contributed by atoms with Crippen molar-refractivity contribution in [3.8, 4) is 28.7 Å². The minimum atomic E-state index is -0.478. The lowest BCUT2D eigenvalue weighted by Gasteiger charge is -2.21. The number of fused-ring (bicyclic) bond motifs is 1. The molecule has 1 N–H and O–H groups in total. The SMILES string of the molecule is COc1ccc(C(=O)N2CC(C(=O)NCc3ccc4c(c3)OCO4)C(c3ccc(OC)cc3OC)C2)cc1. The third-order valence-electron chi connectivity index (χ3n) is 7.02. The minimum Gasteiger partial charge on any atom is -0.497 e. The summed E-state index contributed by atoms with van der Waals surface area (Å²) in [6.07, 6.45) is 0. The topological polar surface area (TPSA) is 95.6 Å². The molecular formula is C29H30N2O7. The van der Waals surface area contributed by atoms with Crippen LogP contribution in [-0.2, 0) is 11.3 Å². The second-order valence-corrected chi connectivity index (χ2v) is 9.16. The molecule has 1 fully saturated rings. The Labute approximate surface area is 221 Å². The molecule has 3 aromatic rings. The predicted octanol–water partition coefficient (Wildman–Crippen LogP) is 3.61. The molecule has 0 radical (unpaired) electrons. The Bertz CT molecular complexity index is 1330. The molecule has 2 heterocycles. The van der Waals surface area contributed by atoms with Crippen molar-refractivity contribution in [2.45, 2.75) is 12.5 Å². The molecular weight excluding hydrogens is 488 g/mol. The van der Waals surface area contributed by atoms with Gasteiger partial charge in [-0.2, -0.15) is 0 Å². The molecule has 0 aliphatic carbocycles. The van der Waals surface area contributed by atoms with Gasteiger partial charge in [-0.1, -0.05) is 12.1 Å². The number of benzene rings is 3. The number of hydrogen-bond donors (Lipinski definition) is 1. The van der Waals surface area contributed by atoms with Gasteiger partial charge >= 0.3 is 0 Å². The molecule has 0 spiro atoms. The van der Waals surface area contributed by atoms with E-state index >= 15 is 0 Å². The fourth-order valence-electron chi connectivity index (χ4n) is 4.96. The van der Waals surface area contributed by atoms with Crippen LogP contribution in [0.5, 0.6) is 28.7 Å². The van der Waals surface area contributed by atoms with Gasteiger partial charge in [-0.05, 0) is 48.0 Å². The van der Waals surface area contributed by atoms with Crippen LogP contribution in [0.25, 0.3) is 0 Å². The Hall–Kier alpha value is -4.40. The zero-order valence-corrected chi connectivity index (χ0v) is 21.6. The number of hydrogen-bond acceptors (Lipinski definition) is 7. The molecule has 5 rings (SSSR count). The number of carbonyl (C=O) groups is 2. The number of methoxy groups -OCH3 is 3. The Morgan fingerprint density at radius 1 is 0.868 bits per heavy atom. The summed E-state index contributed by atoms with van der Waals surface area (Å²) in [5.41, 5.74) is 2.28. The quantitative estimate of drug-likeness (QED) is 0.487. The van der Waals surface area contributed by atoms with Crippen LogP contribution in [0.1, 0.15) is 27.4 Å². The van der Waals surface area contributed by atoms with Crippen molar-refractivity contribution in [3.05, 3.63) is 77.4 Å². The normalized spacial score (nSPS) is 17.7. The lowest BCUT2D eigenvalue weighted by atomic mass is 9.87. The maximum absolute atomic E-state index is 13.6. The number of ether oxygens (including phenoxy) is 5. The molecule has 9 nitrogen and oxygen atoms in total. The first-order chi connectivity index (χ1) is 18.5. The molecule has 9 heteroatoms. The van der Waals surface area contributed by atoms with Gasteiger partial charge in [0.15, 0.2) is 11.5 Å². The summed E-state index contributed by atoms with van der Waals surface area (Å²) < 4.78 is 27.0. The van der Waals surface area contributed by atoms with E-state index in [0.717, 1.165) is 11.1 Å². The first-order valence-corrected chi connectivity index (χ1v) is 12.3. The third kappa shape index (κ3) is 5.04. The first kappa shape index (κ1) is 25.3. The van der Waals surface area contributed by atoms with Crippen molar-refractivity contribution in [1.82, 2.24) is 10.2 Å². The van der Waals surface area contributed by atoms with E-state index in [0.29, 0.717) is 47.4 Å². The summed E-state index contributed by atoms with van der Waals surface area (Å²) in [6, 6.07) is 18.1. The summed E-state index contributed by atoms with van der Waals surface area (Å²) in [5.74, 6) is 2.25. The van der Waals surface area contributed by atoms with Crippen molar-refractivity contribution in [1.29, 1.82) is 0 Å². The summed E-state index contributed by atoms with van der Waals surface area (Å²) >= 11 is 0. The molecule has 2 unspecified atom stereocenters. The number of rotatable bonds is 8. The van der Waals surface area contributed by atoms with Gasteiger partial charge in [-0.15, -0.1) is 0 Å². The summed E-state index contributed by atoms with van der Waals surface area (Å²) in [6.45, 7) is 1.16. The summed E-state index contributed by atoms with van der Waals surface area (Å²) in [4.78, 5) is 28.7. The zero-order valence-electron chi connectivity index (χ0n) is 21.6. The second-order valence-electron chi connectivity index (χ2n) is 9.16. The molecule has 0 bridgehead atoms. The molecule has 0 aromatic heterocycles. The van der Waals surface area contributed by atoms with E-state index in [4.69, 9.17) is 23.7 Å². The van der Waals surface area contributed by atoms with E-state index in [1.165, 1.54) is 0 Å². The fourth-order valence-corrected chi connectivity index (χ4v) is 4.96. The molecule has 38 heavy (non-hydrogen) atoms. The third-order valence-corrected chi connectivity index (χ3v) is 7.02. The fraction of sp³-hybridized carbons (Fsp3) is 0.310. The van der Waals surface area contributed by atoms with Crippen LogP contribution in [-0.4, -0.2) is 57.9 Å². The van der Waals surface area contributed by atoms with Gasteiger partial charge in [-0.25, -0.2) is 0 Å². The maximum Gasteiger partial charge on any atom is 0.253 e. The van der Waals surface area contributed by atoms with Crippen LogP contribution in [0.2, 0.25) is 0 Å². The van der Waals surface area contributed by atoms with E-state index in [1.54, 1.807) is 56.6 Å². The van der Waals surface area contributed by atoms with E-state index in [9.17, 15) is 9.59 Å². The Balaban J connectivity index is 1.38. The minimum absolute atomic E-state index is 0.142. The highest BCUT2D eigenvalue weighted by Crippen LogP contribution is 2.40. The van der Waals surface area contributed by atoms with E-state index in [2.05, 4.69) is 5.32 Å². The first-order valence-electron chi connectivity index (χ1n) is 12.3. The molecule has 1 saturated heterocycles. The van der Waals surface area contributed by atoms with Crippen molar-refractivity contribution in [3.63, 3.8) is 0 Å². The monoisotopic (exact) mass is 518 g/mol. The van der Waals surface area contributed by atoms with Gasteiger partial charge < -0.3 is 33.9 Å². The number of nitrogens with zero attached hydrogens (tertiary/aromatic N) is 1. The average molecular weight is 519 g/mol. The molecule has 198 valence electrons. The van der Waals surface area contributed by atoms with E-state index < -0.39 is 5.92 Å². The summed E-state index contributed by atoms with van der Waals surface area (Å²) in [7, 11) is 4.75. The van der Waals surface area contributed by atoms with Crippen LogP contribution in [0.15, 0.2) is 60.7 Å². The number of nitrogens with one attached hydrogen (secondary N) is 1. The highest BCUT2D eigenvalue weighted by Gasteiger charge is 2.41. The van der Waals surface area contributed by atoms with Gasteiger partial charge in [-0.3, -0.25) is 9.59 Å². The lowest BCUT2D eigenvalue weighted by molar-refractivity contribution is -0.125. The molecule has 2 amide bonds. The van der Waals surface area contributed by atoms with Gasteiger partial charge in [0.2, 0.25) is 12.7 Å². The van der Waals surface area contributed by atoms with E-state index in [1.807, 2.05) is 30.3 Å². The van der Waals surface area contributed by atoms with Gasteiger partial charge in [0, 0.05) is 42.7 Å². The van der Waals surface area contributed by atoms with Gasteiger partial charge in [0.05, 0.1) is 27.2 Å². The molecule has 2 aliphatic rings. The highest BCUT2D eigenvalue weighted by molar-refractivity contribution is 5.95. The smallest absolute Gasteiger partial charge is 0.253 e. The van der Waals surface area contributed by atoms with Crippen molar-refractivity contribution in [2.75, 3.05) is 41.2 Å². The van der Waals surface area contributed by atoms with Crippen molar-refractivity contribution >= 4 is 11.8 Å². The van der Waals surface area contributed by atoms with E-state index in [-0.39, 0.29) is 31.1 Å². The Morgan fingerprint density at radius 2 is 1.61 bits per heavy atom. The molecule has 3 aromatic carbocycles. The van der Waals surface area contributed by atoms with Gasteiger partial charge in [0.25, 0.3) is 5.91 Å². The maximum atomic E-state index is 13.6. The molecule has 0 saturated carbocycles. The number of amides is 2. The van der Waals surface area contributed by atoms with Crippen molar-refractivity contribution < 1.29 is 33.3 Å². The van der Waals surface area contributed by atoms with Crippen LogP contribution >= 0.6 is 0 Å². The zero-order chi connectivity index (χ0) is 26.6.